The van der Waals surface area contributed by atoms with Crippen LogP contribution in [0.2, 0.25) is 5.02 Å². The zero-order valence-corrected chi connectivity index (χ0v) is 16.8. The number of ether oxygens (including phenoxy) is 1. The third-order valence-corrected chi connectivity index (χ3v) is 6.29. The summed E-state index contributed by atoms with van der Waals surface area (Å²) >= 11 is 9.56. The van der Waals surface area contributed by atoms with Gasteiger partial charge in [-0.15, -0.1) is 11.3 Å². The van der Waals surface area contributed by atoms with Crippen molar-refractivity contribution in [1.82, 2.24) is 9.97 Å². The van der Waals surface area contributed by atoms with Crippen LogP contribution in [0.25, 0.3) is 21.5 Å². The molecule has 4 aromatic rings. The summed E-state index contributed by atoms with van der Waals surface area (Å²) in [5.41, 5.74) is 4.13. The second kappa shape index (κ2) is 7.76. The van der Waals surface area contributed by atoms with Crippen LogP contribution in [0.15, 0.2) is 46.5 Å². The van der Waals surface area contributed by atoms with E-state index in [-0.39, 0.29) is 19.0 Å². The van der Waals surface area contributed by atoms with Gasteiger partial charge in [-0.1, -0.05) is 29.8 Å². The number of esters is 1. The highest BCUT2D eigenvalue weighted by atomic mass is 35.5. The maximum atomic E-state index is 12.2. The number of benzene rings is 1. The first-order valence-electron chi connectivity index (χ1n) is 8.28. The van der Waals surface area contributed by atoms with E-state index in [0.717, 1.165) is 27.0 Å². The minimum absolute atomic E-state index is 0.0465. The molecule has 0 radical (unpaired) electrons. The second-order valence-corrected chi connectivity index (χ2v) is 8.02. The highest BCUT2D eigenvalue weighted by Crippen LogP contribution is 2.28. The Morgan fingerprint density at radius 1 is 1.19 bits per heavy atom. The van der Waals surface area contributed by atoms with Crippen molar-refractivity contribution in [1.29, 1.82) is 0 Å². The lowest BCUT2D eigenvalue weighted by molar-refractivity contribution is -0.144. The van der Waals surface area contributed by atoms with Gasteiger partial charge in [-0.05, 0) is 30.0 Å². The summed E-state index contributed by atoms with van der Waals surface area (Å²) in [4.78, 5) is 21.2. The van der Waals surface area contributed by atoms with E-state index in [0.29, 0.717) is 16.4 Å². The molecule has 0 saturated heterocycles. The number of carbonyl (C=O) groups is 1. The van der Waals surface area contributed by atoms with Gasteiger partial charge in [0.15, 0.2) is 0 Å². The molecule has 3 heterocycles. The first-order chi connectivity index (χ1) is 13.1. The van der Waals surface area contributed by atoms with E-state index in [4.69, 9.17) is 16.3 Å². The Hall–Kier alpha value is -2.28. The van der Waals surface area contributed by atoms with Crippen LogP contribution < -0.4 is 0 Å². The topological polar surface area (TPSA) is 52.1 Å². The van der Waals surface area contributed by atoms with E-state index in [1.54, 1.807) is 11.3 Å². The van der Waals surface area contributed by atoms with Crippen LogP contribution >= 0.6 is 34.3 Å². The molecule has 0 atom stereocenters. The van der Waals surface area contributed by atoms with Gasteiger partial charge in [-0.3, -0.25) is 4.79 Å². The molecule has 0 aliphatic heterocycles. The minimum atomic E-state index is -0.346. The number of fused-ring (bicyclic) bond motifs is 1. The van der Waals surface area contributed by atoms with Crippen molar-refractivity contribution in [2.24, 2.45) is 0 Å². The zero-order valence-electron chi connectivity index (χ0n) is 14.4. The maximum Gasteiger partial charge on any atom is 0.312 e. The molecular weight excluding hydrogens is 400 g/mol. The van der Waals surface area contributed by atoms with Crippen LogP contribution in [0, 0.1) is 6.92 Å². The number of pyridine rings is 1. The smallest absolute Gasteiger partial charge is 0.312 e. The fourth-order valence-electron chi connectivity index (χ4n) is 2.77. The maximum absolute atomic E-state index is 12.2. The lowest BCUT2D eigenvalue weighted by atomic mass is 10.1. The van der Waals surface area contributed by atoms with Crippen LogP contribution in [-0.2, 0) is 22.6 Å². The van der Waals surface area contributed by atoms with Crippen molar-refractivity contribution in [3.05, 3.63) is 68.4 Å². The number of thiophene rings is 1. The Morgan fingerprint density at radius 3 is 2.85 bits per heavy atom. The largest absolute Gasteiger partial charge is 0.459 e. The number of rotatable bonds is 5. The van der Waals surface area contributed by atoms with Gasteiger partial charge in [0, 0.05) is 21.7 Å². The van der Waals surface area contributed by atoms with Gasteiger partial charge in [0.05, 0.1) is 28.3 Å². The molecular formula is C20H15ClN2O2S2. The SMILES string of the molecule is Cc1c(Cl)c(COC(=O)Cc2csc(-c3ccsc3)n2)nc2ccccc12. The predicted molar refractivity (Wildman–Crippen MR) is 110 cm³/mol. The van der Waals surface area contributed by atoms with Gasteiger partial charge in [0.2, 0.25) is 0 Å². The number of thiazole rings is 1. The molecule has 0 fully saturated rings. The quantitative estimate of drug-likeness (QED) is 0.395. The number of hydrogen-bond acceptors (Lipinski definition) is 6. The second-order valence-electron chi connectivity index (χ2n) is 6.01. The molecule has 4 nitrogen and oxygen atoms in total. The Kier molecular flexibility index (Phi) is 5.20. The summed E-state index contributed by atoms with van der Waals surface area (Å²) < 4.78 is 5.40. The normalized spacial score (nSPS) is 11.0. The van der Waals surface area contributed by atoms with Gasteiger partial charge in [0.25, 0.3) is 0 Å². The monoisotopic (exact) mass is 414 g/mol. The average Bonchev–Trinajstić information content (AvgIpc) is 3.35. The molecule has 3 aromatic heterocycles. The molecule has 0 saturated carbocycles. The van der Waals surface area contributed by atoms with Gasteiger partial charge in [-0.25, -0.2) is 9.97 Å². The predicted octanol–water partition coefficient (Wildman–Crippen LogP) is 5.67. The van der Waals surface area contributed by atoms with Gasteiger partial charge >= 0.3 is 5.97 Å². The number of hydrogen-bond donors (Lipinski definition) is 0. The highest BCUT2D eigenvalue weighted by molar-refractivity contribution is 7.14. The average molecular weight is 415 g/mol. The fourth-order valence-corrected chi connectivity index (χ4v) is 4.50. The first-order valence-corrected chi connectivity index (χ1v) is 10.5. The Balaban J connectivity index is 1.44. The van der Waals surface area contributed by atoms with Crippen molar-refractivity contribution in [3.63, 3.8) is 0 Å². The fraction of sp³-hybridized carbons (Fsp3) is 0.150. The van der Waals surface area contributed by atoms with Crippen molar-refractivity contribution >= 4 is 51.1 Å². The lowest BCUT2D eigenvalue weighted by Gasteiger charge is -2.10. The van der Waals surface area contributed by atoms with E-state index in [1.807, 2.05) is 53.4 Å². The summed E-state index contributed by atoms with van der Waals surface area (Å²) in [7, 11) is 0. The summed E-state index contributed by atoms with van der Waals surface area (Å²) in [6, 6.07) is 9.79. The van der Waals surface area contributed by atoms with Crippen molar-refractivity contribution in [3.8, 4) is 10.6 Å². The molecule has 0 N–H and O–H groups in total. The number of para-hydroxylation sites is 1. The molecule has 27 heavy (non-hydrogen) atoms. The number of aryl methyl sites for hydroxylation is 1. The van der Waals surface area contributed by atoms with Crippen LogP contribution in [0.5, 0.6) is 0 Å². The number of nitrogens with zero attached hydrogens (tertiary/aromatic N) is 2. The van der Waals surface area contributed by atoms with E-state index in [9.17, 15) is 4.79 Å². The molecule has 0 aliphatic carbocycles. The summed E-state index contributed by atoms with van der Waals surface area (Å²) in [6.45, 7) is 1.99. The molecule has 0 unspecified atom stereocenters. The molecule has 1 aromatic carbocycles. The van der Waals surface area contributed by atoms with Crippen molar-refractivity contribution in [2.75, 3.05) is 0 Å². The van der Waals surface area contributed by atoms with Gasteiger partial charge in [-0.2, -0.15) is 11.3 Å². The molecule has 0 amide bonds. The molecule has 0 bridgehead atoms. The number of halogens is 1. The van der Waals surface area contributed by atoms with Gasteiger partial charge in [0.1, 0.15) is 11.6 Å². The third kappa shape index (κ3) is 3.88. The van der Waals surface area contributed by atoms with E-state index in [1.165, 1.54) is 11.3 Å². The van der Waals surface area contributed by atoms with Crippen LogP contribution in [-0.4, -0.2) is 15.9 Å². The lowest BCUT2D eigenvalue weighted by Crippen LogP contribution is -2.09. The number of carbonyl (C=O) groups excluding carboxylic acids is 1. The Morgan fingerprint density at radius 2 is 2.04 bits per heavy atom. The van der Waals surface area contributed by atoms with Crippen molar-refractivity contribution < 1.29 is 9.53 Å². The molecule has 136 valence electrons. The standard InChI is InChI=1S/C20H15ClN2O2S2/c1-12-15-4-2-3-5-16(15)23-17(19(12)21)9-25-18(24)8-14-11-27-20(22-14)13-6-7-26-10-13/h2-7,10-11H,8-9H2,1H3. The van der Waals surface area contributed by atoms with Crippen LogP contribution in [0.1, 0.15) is 17.0 Å². The Labute approximate surface area is 169 Å². The molecule has 0 aliphatic rings. The van der Waals surface area contributed by atoms with E-state index in [2.05, 4.69) is 9.97 Å². The molecule has 7 heteroatoms. The van der Waals surface area contributed by atoms with Crippen molar-refractivity contribution in [2.45, 2.75) is 20.0 Å². The first kappa shape index (κ1) is 18.1. The van der Waals surface area contributed by atoms with Crippen LogP contribution in [0.3, 0.4) is 0 Å². The van der Waals surface area contributed by atoms with E-state index >= 15 is 0 Å². The van der Waals surface area contributed by atoms with Crippen LogP contribution in [0.4, 0.5) is 0 Å². The van der Waals surface area contributed by atoms with Gasteiger partial charge < -0.3 is 4.74 Å². The molecule has 4 rings (SSSR count). The van der Waals surface area contributed by atoms with E-state index < -0.39 is 0 Å². The number of aromatic nitrogens is 2. The highest BCUT2D eigenvalue weighted by Gasteiger charge is 2.14. The Bertz CT molecular complexity index is 1110. The zero-order chi connectivity index (χ0) is 18.8. The third-order valence-electron chi connectivity index (χ3n) is 4.16. The minimum Gasteiger partial charge on any atom is -0.459 e. The molecule has 0 spiro atoms. The summed E-state index contributed by atoms with van der Waals surface area (Å²) in [5, 5.41) is 8.38. The summed E-state index contributed by atoms with van der Waals surface area (Å²) in [6.07, 6.45) is 0.130. The summed E-state index contributed by atoms with van der Waals surface area (Å²) in [5.74, 6) is -0.346.